The molecule has 7 heteroatoms. The number of nitrogens with one attached hydrogen (secondary N) is 1. The van der Waals surface area contributed by atoms with E-state index in [-0.39, 0.29) is 5.75 Å². The first kappa shape index (κ1) is 27.7. The number of anilines is 1. The predicted octanol–water partition coefficient (Wildman–Crippen LogP) is 8.23. The predicted molar refractivity (Wildman–Crippen MR) is 160 cm³/mol. The Morgan fingerprint density at radius 2 is 1.39 bits per heavy atom. The van der Waals surface area contributed by atoms with Crippen LogP contribution >= 0.6 is 23.5 Å². The number of halogens is 1. The fraction of sp³-hybridized carbons (Fsp3) is 0.226. The van der Waals surface area contributed by atoms with Crippen LogP contribution < -0.4 is 14.2 Å². The number of hydrogen-bond acceptors (Lipinski definition) is 6. The number of methoxy groups -OCH3 is 2. The molecule has 1 heterocycles. The molecule has 38 heavy (non-hydrogen) atoms. The topological polar surface area (TPSA) is 54.0 Å². The molecule has 0 spiro atoms. The second-order valence-electron chi connectivity index (χ2n) is 9.03. The van der Waals surface area contributed by atoms with Gasteiger partial charge in [0.1, 0.15) is 5.75 Å². The molecule has 0 saturated carbocycles. The lowest BCUT2D eigenvalue weighted by molar-refractivity contribution is 0.354. The molecule has 1 aliphatic heterocycles. The summed E-state index contributed by atoms with van der Waals surface area (Å²) in [5, 5.41) is 10.2. The van der Waals surface area contributed by atoms with Gasteiger partial charge in [-0.1, -0.05) is 66.2 Å². The van der Waals surface area contributed by atoms with E-state index in [0.29, 0.717) is 16.5 Å². The lowest BCUT2D eigenvalue weighted by atomic mass is 10.00. The number of hydrogen-bond donors (Lipinski definition) is 2. The molecule has 5 nitrogen and oxygen atoms in total. The van der Waals surface area contributed by atoms with E-state index in [1.807, 2.05) is 36.4 Å². The standard InChI is InChI=1S/C26H22ClNO3S.C5H11N/c1-30-24-15-21(19-10-8-18(9-11-19)17-6-4-3-5-7-17)26(16-25(24)31-2)32-28-20-12-13-22(27)23(29)14-20;1-6-4-2-3-5-6/h3-16,28-29H,1-2H3;2-5H2,1H3. The molecule has 0 radical (unpaired) electrons. The average molecular weight is 549 g/mol. The number of likely N-dealkylation sites (tertiary alicyclic amines) is 1. The van der Waals surface area contributed by atoms with Gasteiger partial charge >= 0.3 is 0 Å². The fourth-order valence-corrected chi connectivity index (χ4v) is 5.13. The number of phenolic OH excluding ortho intramolecular Hbond substituents is 1. The molecule has 0 amide bonds. The molecule has 1 saturated heterocycles. The van der Waals surface area contributed by atoms with Gasteiger partial charge in [0.25, 0.3) is 0 Å². The summed E-state index contributed by atoms with van der Waals surface area (Å²) in [7, 11) is 5.42. The Hall–Kier alpha value is -3.32. The van der Waals surface area contributed by atoms with Gasteiger partial charge in [-0.15, -0.1) is 0 Å². The summed E-state index contributed by atoms with van der Waals surface area (Å²) in [5.41, 5.74) is 5.10. The number of benzene rings is 4. The van der Waals surface area contributed by atoms with Crippen molar-refractivity contribution in [2.24, 2.45) is 0 Å². The molecule has 4 aromatic carbocycles. The van der Waals surface area contributed by atoms with Crippen LogP contribution in [0, 0.1) is 0 Å². The second kappa shape index (κ2) is 13.5. The Morgan fingerprint density at radius 1 is 0.789 bits per heavy atom. The van der Waals surface area contributed by atoms with Crippen molar-refractivity contribution in [3.63, 3.8) is 0 Å². The van der Waals surface area contributed by atoms with Gasteiger partial charge in [-0.25, -0.2) is 0 Å². The van der Waals surface area contributed by atoms with Gasteiger partial charge in [-0.3, -0.25) is 0 Å². The number of nitrogens with zero attached hydrogens (tertiary/aromatic N) is 1. The van der Waals surface area contributed by atoms with Crippen LogP contribution in [0.15, 0.2) is 89.8 Å². The van der Waals surface area contributed by atoms with Gasteiger partial charge in [0, 0.05) is 22.2 Å². The van der Waals surface area contributed by atoms with E-state index in [2.05, 4.69) is 53.1 Å². The molecule has 1 fully saturated rings. The van der Waals surface area contributed by atoms with E-state index in [1.54, 1.807) is 26.4 Å². The molecule has 0 unspecified atom stereocenters. The second-order valence-corrected chi connectivity index (χ2v) is 10.3. The van der Waals surface area contributed by atoms with Crippen LogP contribution in [0.4, 0.5) is 5.69 Å². The highest BCUT2D eigenvalue weighted by atomic mass is 35.5. The van der Waals surface area contributed by atoms with Crippen molar-refractivity contribution >= 4 is 29.2 Å². The third-order valence-corrected chi connectivity index (χ3v) is 7.56. The molecule has 0 aliphatic carbocycles. The molecular formula is C31H33ClN2O3S. The minimum atomic E-state index is 0.0290. The Kier molecular flexibility index (Phi) is 9.82. The Labute approximate surface area is 234 Å². The summed E-state index contributed by atoms with van der Waals surface area (Å²) in [4.78, 5) is 3.31. The smallest absolute Gasteiger partial charge is 0.161 e. The van der Waals surface area contributed by atoms with Crippen LogP contribution in [-0.4, -0.2) is 44.4 Å². The van der Waals surface area contributed by atoms with E-state index in [0.717, 1.165) is 27.3 Å². The highest BCUT2D eigenvalue weighted by molar-refractivity contribution is 8.00. The van der Waals surface area contributed by atoms with E-state index in [9.17, 15) is 5.11 Å². The number of ether oxygens (including phenoxy) is 2. The lowest BCUT2D eigenvalue weighted by Gasteiger charge is -2.16. The van der Waals surface area contributed by atoms with Crippen molar-refractivity contribution in [2.75, 3.05) is 39.1 Å². The summed E-state index contributed by atoms with van der Waals surface area (Å²) in [6.45, 7) is 2.64. The van der Waals surface area contributed by atoms with Crippen LogP contribution in [0.5, 0.6) is 17.2 Å². The van der Waals surface area contributed by atoms with Gasteiger partial charge in [0.15, 0.2) is 11.5 Å². The van der Waals surface area contributed by atoms with Crippen molar-refractivity contribution < 1.29 is 14.6 Å². The molecule has 5 rings (SSSR count). The Bertz CT molecular complexity index is 1330. The average Bonchev–Trinajstić information content (AvgIpc) is 3.45. The maximum Gasteiger partial charge on any atom is 0.161 e. The van der Waals surface area contributed by atoms with Crippen LogP contribution in [0.1, 0.15) is 12.8 Å². The van der Waals surface area contributed by atoms with Gasteiger partial charge < -0.3 is 24.2 Å². The molecule has 4 aromatic rings. The van der Waals surface area contributed by atoms with Crippen LogP contribution in [0.2, 0.25) is 5.02 Å². The van der Waals surface area contributed by atoms with E-state index >= 15 is 0 Å². The van der Waals surface area contributed by atoms with Gasteiger partial charge in [-0.05, 0) is 85.9 Å². The maximum absolute atomic E-state index is 9.88. The van der Waals surface area contributed by atoms with Crippen LogP contribution in [0.25, 0.3) is 22.3 Å². The number of phenols is 1. The number of rotatable bonds is 7. The molecule has 0 bridgehead atoms. The Morgan fingerprint density at radius 3 is 1.97 bits per heavy atom. The van der Waals surface area contributed by atoms with E-state index < -0.39 is 0 Å². The van der Waals surface area contributed by atoms with Crippen LogP contribution in [-0.2, 0) is 0 Å². The quantitative estimate of drug-likeness (QED) is 0.227. The van der Waals surface area contributed by atoms with Crippen molar-refractivity contribution in [1.29, 1.82) is 0 Å². The third kappa shape index (κ3) is 7.16. The fourth-order valence-electron chi connectivity index (χ4n) is 4.21. The lowest BCUT2D eigenvalue weighted by Crippen LogP contribution is -2.10. The van der Waals surface area contributed by atoms with Gasteiger partial charge in [0.2, 0.25) is 0 Å². The molecule has 0 atom stereocenters. The third-order valence-electron chi connectivity index (χ3n) is 6.34. The molecule has 2 N–H and O–H groups in total. The summed E-state index contributed by atoms with van der Waals surface area (Å²) in [6, 6.07) is 27.6. The minimum absolute atomic E-state index is 0.0290. The Balaban J connectivity index is 0.000000494. The van der Waals surface area contributed by atoms with Gasteiger partial charge in [-0.2, -0.15) is 0 Å². The SMILES string of the molecule is CN1CCCC1.COc1cc(SNc2ccc(Cl)c(O)c2)c(-c2ccc(-c3ccccc3)cc2)cc1OC. The molecule has 1 aliphatic rings. The summed E-state index contributed by atoms with van der Waals surface area (Å²) < 4.78 is 14.3. The monoisotopic (exact) mass is 548 g/mol. The molecule has 0 aromatic heterocycles. The zero-order chi connectivity index (χ0) is 26.9. The van der Waals surface area contributed by atoms with Crippen molar-refractivity contribution in [3.8, 4) is 39.5 Å². The maximum atomic E-state index is 9.88. The normalized spacial score (nSPS) is 12.9. The first-order valence-electron chi connectivity index (χ1n) is 12.5. The van der Waals surface area contributed by atoms with Crippen LogP contribution in [0.3, 0.4) is 0 Å². The zero-order valence-corrected chi connectivity index (χ0v) is 23.5. The highest BCUT2D eigenvalue weighted by Crippen LogP contribution is 2.41. The summed E-state index contributed by atoms with van der Waals surface area (Å²) >= 11 is 7.34. The zero-order valence-electron chi connectivity index (χ0n) is 21.9. The number of aromatic hydroxyl groups is 1. The van der Waals surface area contributed by atoms with Crippen molar-refractivity contribution in [1.82, 2.24) is 4.90 Å². The highest BCUT2D eigenvalue weighted by Gasteiger charge is 2.14. The van der Waals surface area contributed by atoms with E-state index in [4.69, 9.17) is 21.1 Å². The minimum Gasteiger partial charge on any atom is -0.506 e. The first-order valence-corrected chi connectivity index (χ1v) is 13.7. The summed E-state index contributed by atoms with van der Waals surface area (Å²) in [5.74, 6) is 1.32. The first-order chi connectivity index (χ1) is 18.5. The van der Waals surface area contributed by atoms with Crippen molar-refractivity contribution in [2.45, 2.75) is 17.7 Å². The summed E-state index contributed by atoms with van der Waals surface area (Å²) in [6.07, 6.45) is 2.83. The van der Waals surface area contributed by atoms with Gasteiger partial charge in [0.05, 0.1) is 19.2 Å². The van der Waals surface area contributed by atoms with E-state index in [1.165, 1.54) is 43.4 Å². The largest absolute Gasteiger partial charge is 0.506 e. The molecular weight excluding hydrogens is 516 g/mol. The van der Waals surface area contributed by atoms with Crippen molar-refractivity contribution in [3.05, 3.63) is 90.0 Å². The molecule has 198 valence electrons.